The van der Waals surface area contributed by atoms with E-state index >= 15 is 0 Å². The van der Waals surface area contributed by atoms with Crippen molar-refractivity contribution in [2.75, 3.05) is 13.1 Å². The minimum Gasteiger partial charge on any atom is -0.481 e. The van der Waals surface area contributed by atoms with Crippen LogP contribution in [-0.2, 0) is 11.3 Å². The number of para-hydroxylation sites is 1. The smallest absolute Gasteiger partial charge is 0.387 e. The van der Waals surface area contributed by atoms with Gasteiger partial charge in [0.1, 0.15) is 10.8 Å². The molecule has 0 spiro atoms. The van der Waals surface area contributed by atoms with E-state index in [-0.39, 0.29) is 11.7 Å². The molecule has 2 heterocycles. The predicted octanol–water partition coefficient (Wildman–Crippen LogP) is 7.03. The zero-order chi connectivity index (χ0) is 25.5. The van der Waals surface area contributed by atoms with Crippen LogP contribution < -0.4 is 4.74 Å². The Bertz CT molecular complexity index is 912. The van der Waals surface area contributed by atoms with E-state index in [1.807, 2.05) is 0 Å². The van der Waals surface area contributed by atoms with Crippen LogP contribution in [0.1, 0.15) is 59.3 Å². The number of carboxylic acids is 1. The summed E-state index contributed by atoms with van der Waals surface area (Å²) in [5.74, 6) is 0.786. The van der Waals surface area contributed by atoms with Crippen LogP contribution in [0.25, 0.3) is 10.6 Å². The Morgan fingerprint density at radius 1 is 1.26 bits per heavy atom. The molecule has 0 saturated carbocycles. The number of alkyl halides is 2. The predicted molar refractivity (Wildman–Crippen MR) is 133 cm³/mol. The van der Waals surface area contributed by atoms with Crippen LogP contribution in [0.5, 0.6) is 5.75 Å². The number of rotatable bonds is 8. The lowest BCUT2D eigenvalue weighted by atomic mass is 9.71. The highest BCUT2D eigenvalue weighted by Gasteiger charge is 2.45. The van der Waals surface area contributed by atoms with Crippen molar-refractivity contribution in [3.63, 3.8) is 0 Å². The second kappa shape index (κ2) is 12.6. The van der Waals surface area contributed by atoms with Gasteiger partial charge in [-0.3, -0.25) is 9.69 Å². The van der Waals surface area contributed by atoms with Gasteiger partial charge in [0, 0.05) is 30.7 Å². The SMILES string of the molecule is CC(C)C.CC(C)C[C@@]1(C(=O)O)CC(C)CN(Cc2cnc(-c3ccccc3OC(F)F)s2)C1. The number of hydrogen-bond donors (Lipinski definition) is 1. The van der Waals surface area contributed by atoms with E-state index < -0.39 is 18.0 Å². The molecule has 190 valence electrons. The summed E-state index contributed by atoms with van der Waals surface area (Å²) in [7, 11) is 0. The van der Waals surface area contributed by atoms with Crippen molar-refractivity contribution in [2.24, 2.45) is 23.2 Å². The van der Waals surface area contributed by atoms with Crippen LogP contribution >= 0.6 is 11.3 Å². The van der Waals surface area contributed by atoms with Gasteiger partial charge in [0.25, 0.3) is 0 Å². The number of likely N-dealkylation sites (tertiary alicyclic amines) is 1. The molecule has 0 bridgehead atoms. The second-order valence-corrected chi connectivity index (χ2v) is 11.5. The third-order valence-electron chi connectivity index (χ3n) is 5.35. The maximum absolute atomic E-state index is 12.7. The van der Waals surface area contributed by atoms with E-state index in [9.17, 15) is 18.7 Å². The zero-order valence-corrected chi connectivity index (χ0v) is 21.9. The van der Waals surface area contributed by atoms with E-state index in [0.717, 1.165) is 17.3 Å². The number of aliphatic carboxylic acids is 1. The van der Waals surface area contributed by atoms with Gasteiger partial charge in [0.15, 0.2) is 0 Å². The average molecular weight is 497 g/mol. The first-order chi connectivity index (χ1) is 15.9. The van der Waals surface area contributed by atoms with E-state index in [2.05, 4.69) is 56.2 Å². The second-order valence-electron chi connectivity index (χ2n) is 10.4. The summed E-state index contributed by atoms with van der Waals surface area (Å²) in [6, 6.07) is 6.61. The minimum atomic E-state index is -2.90. The molecule has 1 unspecified atom stereocenters. The molecule has 0 amide bonds. The summed E-state index contributed by atoms with van der Waals surface area (Å²) >= 11 is 1.42. The molecule has 8 heteroatoms. The Hall–Kier alpha value is -2.06. The quantitative estimate of drug-likeness (QED) is 0.425. The van der Waals surface area contributed by atoms with Gasteiger partial charge in [0.05, 0.1) is 11.0 Å². The number of carbonyl (C=O) groups is 1. The highest BCUT2D eigenvalue weighted by molar-refractivity contribution is 7.15. The Balaban J connectivity index is 0.000000945. The number of hydrogen-bond acceptors (Lipinski definition) is 5. The van der Waals surface area contributed by atoms with Crippen LogP contribution in [0.4, 0.5) is 8.78 Å². The summed E-state index contributed by atoms with van der Waals surface area (Å²) in [5.41, 5.74) is -0.211. The van der Waals surface area contributed by atoms with Crippen molar-refractivity contribution in [3.8, 4) is 16.3 Å². The molecule has 5 nitrogen and oxygen atoms in total. The third-order valence-corrected chi connectivity index (χ3v) is 6.37. The normalized spacial score (nSPS) is 21.0. The van der Waals surface area contributed by atoms with Gasteiger partial charge in [-0.2, -0.15) is 8.78 Å². The van der Waals surface area contributed by atoms with Crippen LogP contribution in [-0.4, -0.2) is 40.7 Å². The molecule has 2 aromatic rings. The van der Waals surface area contributed by atoms with E-state index in [0.29, 0.717) is 42.4 Å². The van der Waals surface area contributed by atoms with Gasteiger partial charge in [-0.25, -0.2) is 4.98 Å². The van der Waals surface area contributed by atoms with Crippen LogP contribution in [0.2, 0.25) is 0 Å². The molecule has 1 aliphatic rings. The summed E-state index contributed by atoms with van der Waals surface area (Å²) in [6.07, 6.45) is 3.07. The van der Waals surface area contributed by atoms with Crippen LogP contribution in [0.3, 0.4) is 0 Å². The standard InChI is InChI=1S/C22H28F2N2O3S.C4H10/c1-14(2)8-22(20(27)28)9-15(3)11-26(13-22)12-16-10-25-19(30-16)17-6-4-5-7-18(17)29-21(23)24;1-4(2)3/h4-7,10,14-15,21H,8-9,11-13H2,1-3H3,(H,27,28);4H,1-3H3/t15?,22-;/m1./s1. The fraction of sp³-hybridized carbons (Fsp3) is 0.615. The average Bonchev–Trinajstić information content (AvgIpc) is 3.14. The molecule has 2 atom stereocenters. The molecule has 1 aromatic heterocycles. The number of piperidine rings is 1. The summed E-state index contributed by atoms with van der Waals surface area (Å²) in [5, 5.41) is 10.6. The Morgan fingerprint density at radius 2 is 1.91 bits per heavy atom. The third kappa shape index (κ3) is 8.31. The van der Waals surface area contributed by atoms with Crippen LogP contribution in [0, 0.1) is 23.2 Å². The van der Waals surface area contributed by atoms with E-state index in [1.54, 1.807) is 24.4 Å². The van der Waals surface area contributed by atoms with Crippen molar-refractivity contribution < 1.29 is 23.4 Å². The lowest BCUT2D eigenvalue weighted by Gasteiger charge is -2.43. The van der Waals surface area contributed by atoms with Crippen molar-refractivity contribution in [3.05, 3.63) is 35.3 Å². The fourth-order valence-electron chi connectivity index (χ4n) is 4.59. The fourth-order valence-corrected chi connectivity index (χ4v) is 5.57. The molecule has 1 aliphatic heterocycles. The maximum Gasteiger partial charge on any atom is 0.387 e. The first-order valence-corrected chi connectivity index (χ1v) is 12.7. The monoisotopic (exact) mass is 496 g/mol. The molecule has 0 aliphatic carbocycles. The Morgan fingerprint density at radius 3 is 2.50 bits per heavy atom. The molecule has 1 saturated heterocycles. The highest BCUT2D eigenvalue weighted by Crippen LogP contribution is 2.40. The molecule has 34 heavy (non-hydrogen) atoms. The molecule has 1 fully saturated rings. The van der Waals surface area contributed by atoms with Gasteiger partial charge in [-0.05, 0) is 42.7 Å². The number of aromatic nitrogens is 1. The number of carboxylic acid groups (broad SMARTS) is 1. The molecule has 1 aromatic carbocycles. The number of thiazole rings is 1. The summed E-state index contributed by atoms with van der Waals surface area (Å²) in [4.78, 5) is 19.7. The van der Waals surface area contributed by atoms with Gasteiger partial charge >= 0.3 is 12.6 Å². The maximum atomic E-state index is 12.7. The van der Waals surface area contributed by atoms with Crippen molar-refractivity contribution in [2.45, 2.75) is 67.5 Å². The molecule has 1 N–H and O–H groups in total. The Kier molecular flexibility index (Phi) is 10.4. The minimum absolute atomic E-state index is 0.0989. The van der Waals surface area contributed by atoms with Gasteiger partial charge in [-0.1, -0.05) is 53.7 Å². The first kappa shape index (κ1) is 28.2. The molecule has 3 rings (SSSR count). The first-order valence-electron chi connectivity index (χ1n) is 11.9. The number of ether oxygens (including phenoxy) is 1. The summed E-state index contributed by atoms with van der Waals surface area (Å²) in [6.45, 7) is 11.7. The van der Waals surface area contributed by atoms with Gasteiger partial charge in [0.2, 0.25) is 0 Å². The zero-order valence-electron chi connectivity index (χ0n) is 21.1. The van der Waals surface area contributed by atoms with Crippen molar-refractivity contribution in [1.82, 2.24) is 9.88 Å². The number of halogens is 2. The highest BCUT2D eigenvalue weighted by atomic mass is 32.1. The lowest BCUT2D eigenvalue weighted by Crippen LogP contribution is -2.50. The Labute approximate surface area is 206 Å². The van der Waals surface area contributed by atoms with Crippen molar-refractivity contribution in [1.29, 1.82) is 0 Å². The molecular formula is C26H38F2N2O3S. The lowest BCUT2D eigenvalue weighted by molar-refractivity contribution is -0.155. The number of nitrogens with zero attached hydrogens (tertiary/aromatic N) is 2. The summed E-state index contributed by atoms with van der Waals surface area (Å²) < 4.78 is 30.0. The number of benzene rings is 1. The van der Waals surface area contributed by atoms with Gasteiger partial charge < -0.3 is 9.84 Å². The molecule has 0 radical (unpaired) electrons. The molecular weight excluding hydrogens is 458 g/mol. The van der Waals surface area contributed by atoms with Crippen molar-refractivity contribution >= 4 is 17.3 Å². The van der Waals surface area contributed by atoms with Gasteiger partial charge in [-0.15, -0.1) is 11.3 Å². The largest absolute Gasteiger partial charge is 0.481 e. The van der Waals surface area contributed by atoms with Crippen LogP contribution in [0.15, 0.2) is 30.5 Å². The van der Waals surface area contributed by atoms with E-state index in [1.165, 1.54) is 17.4 Å². The van der Waals surface area contributed by atoms with E-state index in [4.69, 9.17) is 0 Å². The topological polar surface area (TPSA) is 62.7 Å².